The van der Waals surface area contributed by atoms with Crippen molar-refractivity contribution in [2.75, 3.05) is 7.11 Å². The lowest BCUT2D eigenvalue weighted by Crippen LogP contribution is -2.51. The van der Waals surface area contributed by atoms with Gasteiger partial charge in [0.05, 0.1) is 19.3 Å². The number of hydrogen-bond donors (Lipinski definition) is 1. The number of carbonyl (C=O) groups excluding carboxylic acids is 2. The molecular formula is C16H29NO5. The van der Waals surface area contributed by atoms with Gasteiger partial charge in [-0.25, -0.2) is 9.59 Å². The molecule has 0 aliphatic heterocycles. The fourth-order valence-electron chi connectivity index (χ4n) is 1.80. The van der Waals surface area contributed by atoms with Gasteiger partial charge >= 0.3 is 12.1 Å². The molecule has 0 bridgehead atoms. The van der Waals surface area contributed by atoms with E-state index in [4.69, 9.17) is 14.2 Å². The van der Waals surface area contributed by atoms with Crippen LogP contribution in [0.25, 0.3) is 0 Å². The minimum Gasteiger partial charge on any atom is -0.467 e. The minimum atomic E-state index is -0.925. The van der Waals surface area contributed by atoms with Crippen LogP contribution in [0.1, 0.15) is 47.5 Å². The average molecular weight is 315 g/mol. The molecule has 0 saturated heterocycles. The van der Waals surface area contributed by atoms with Crippen LogP contribution in [0, 0.1) is 0 Å². The highest BCUT2D eigenvalue weighted by atomic mass is 16.6. The van der Waals surface area contributed by atoms with Gasteiger partial charge in [0.15, 0.2) is 6.04 Å². The highest BCUT2D eigenvalue weighted by molar-refractivity contribution is 5.82. The Kier molecular flexibility index (Phi) is 8.79. The Hall–Kier alpha value is -1.56. The molecule has 0 saturated carbocycles. The zero-order valence-corrected chi connectivity index (χ0v) is 14.5. The second-order valence-corrected chi connectivity index (χ2v) is 6.16. The summed E-state index contributed by atoms with van der Waals surface area (Å²) >= 11 is 0. The molecule has 2 unspecified atom stereocenters. The van der Waals surface area contributed by atoms with E-state index in [1.54, 1.807) is 33.8 Å². The molecule has 0 aliphatic carbocycles. The summed E-state index contributed by atoms with van der Waals surface area (Å²) in [5.41, 5.74) is -0.647. The zero-order valence-electron chi connectivity index (χ0n) is 14.5. The van der Waals surface area contributed by atoms with Crippen LogP contribution in [0.15, 0.2) is 12.7 Å². The number of nitrogens with one attached hydrogen (secondary N) is 1. The van der Waals surface area contributed by atoms with Gasteiger partial charge in [-0.05, 0) is 47.5 Å². The lowest BCUT2D eigenvalue weighted by molar-refractivity contribution is -0.148. The van der Waals surface area contributed by atoms with E-state index in [0.29, 0.717) is 0 Å². The van der Waals surface area contributed by atoms with E-state index in [-0.39, 0.29) is 6.10 Å². The number of hydrogen-bond acceptors (Lipinski definition) is 5. The largest absolute Gasteiger partial charge is 0.467 e. The molecule has 22 heavy (non-hydrogen) atoms. The molecule has 3 atom stereocenters. The van der Waals surface area contributed by atoms with Gasteiger partial charge in [0.2, 0.25) is 0 Å². The summed E-state index contributed by atoms with van der Waals surface area (Å²) in [4.78, 5) is 23.7. The van der Waals surface area contributed by atoms with E-state index in [1.165, 1.54) is 7.11 Å². The summed E-state index contributed by atoms with van der Waals surface area (Å²) in [5.74, 6) is -0.575. The first-order valence-corrected chi connectivity index (χ1v) is 7.44. The van der Waals surface area contributed by atoms with Crippen molar-refractivity contribution in [3.63, 3.8) is 0 Å². The van der Waals surface area contributed by atoms with Crippen molar-refractivity contribution in [2.24, 2.45) is 0 Å². The molecular weight excluding hydrogens is 286 g/mol. The first-order valence-electron chi connectivity index (χ1n) is 7.44. The fraction of sp³-hybridized carbons (Fsp3) is 0.750. The van der Waals surface area contributed by atoms with Crippen molar-refractivity contribution >= 4 is 12.1 Å². The molecule has 0 aromatic heterocycles. The SMILES string of the molecule is C=CCC[C@@H](C)OC(C)C(NC(=O)OC(C)(C)C)C(=O)OC. The van der Waals surface area contributed by atoms with Crippen LogP contribution >= 0.6 is 0 Å². The topological polar surface area (TPSA) is 73.9 Å². The summed E-state index contributed by atoms with van der Waals surface area (Å²) in [7, 11) is 1.26. The lowest BCUT2D eigenvalue weighted by atomic mass is 10.1. The van der Waals surface area contributed by atoms with Crippen molar-refractivity contribution in [1.82, 2.24) is 5.32 Å². The van der Waals surface area contributed by atoms with E-state index in [0.717, 1.165) is 12.8 Å². The van der Waals surface area contributed by atoms with Gasteiger partial charge in [-0.3, -0.25) is 0 Å². The van der Waals surface area contributed by atoms with Gasteiger partial charge in [0, 0.05) is 0 Å². The predicted octanol–water partition coefficient (Wildman–Crippen LogP) is 2.81. The molecule has 0 aromatic rings. The number of esters is 1. The van der Waals surface area contributed by atoms with Crippen LogP contribution in [0.2, 0.25) is 0 Å². The average Bonchev–Trinajstić information content (AvgIpc) is 2.39. The molecule has 0 heterocycles. The summed E-state index contributed by atoms with van der Waals surface area (Å²) < 4.78 is 15.6. The number of ether oxygens (including phenoxy) is 3. The van der Waals surface area contributed by atoms with Crippen molar-refractivity contribution in [2.45, 2.75) is 71.3 Å². The number of carbonyl (C=O) groups is 2. The van der Waals surface area contributed by atoms with E-state index in [2.05, 4.69) is 11.9 Å². The quantitative estimate of drug-likeness (QED) is 0.551. The summed E-state index contributed by atoms with van der Waals surface area (Å²) in [6, 6.07) is -0.925. The first-order chi connectivity index (χ1) is 10.1. The number of methoxy groups -OCH3 is 1. The van der Waals surface area contributed by atoms with E-state index in [1.807, 2.05) is 6.92 Å². The minimum absolute atomic E-state index is 0.0689. The third-order valence-corrected chi connectivity index (χ3v) is 2.82. The van der Waals surface area contributed by atoms with Crippen molar-refractivity contribution in [1.29, 1.82) is 0 Å². The molecule has 128 valence electrons. The molecule has 0 aromatic carbocycles. The van der Waals surface area contributed by atoms with Gasteiger partial charge < -0.3 is 19.5 Å². The third-order valence-electron chi connectivity index (χ3n) is 2.82. The summed E-state index contributed by atoms with van der Waals surface area (Å²) in [6.45, 7) is 12.5. The van der Waals surface area contributed by atoms with Gasteiger partial charge in [-0.15, -0.1) is 6.58 Å². The molecule has 0 fully saturated rings. The molecule has 1 N–H and O–H groups in total. The van der Waals surface area contributed by atoms with Crippen LogP contribution in [-0.4, -0.2) is 43.0 Å². The molecule has 1 amide bonds. The Morgan fingerprint density at radius 1 is 1.27 bits per heavy atom. The van der Waals surface area contributed by atoms with Crippen molar-refractivity contribution in [3.05, 3.63) is 12.7 Å². The highest BCUT2D eigenvalue weighted by Crippen LogP contribution is 2.11. The maximum atomic E-state index is 11.9. The highest BCUT2D eigenvalue weighted by Gasteiger charge is 2.31. The number of alkyl carbamates (subject to hydrolysis) is 1. The van der Waals surface area contributed by atoms with E-state index in [9.17, 15) is 9.59 Å². The smallest absolute Gasteiger partial charge is 0.408 e. The van der Waals surface area contributed by atoms with E-state index < -0.39 is 29.8 Å². The Morgan fingerprint density at radius 2 is 1.86 bits per heavy atom. The number of rotatable bonds is 8. The maximum Gasteiger partial charge on any atom is 0.408 e. The van der Waals surface area contributed by atoms with Crippen LogP contribution in [0.5, 0.6) is 0 Å². The van der Waals surface area contributed by atoms with Crippen molar-refractivity contribution in [3.8, 4) is 0 Å². The normalized spacial score (nSPS) is 15.4. The van der Waals surface area contributed by atoms with Gasteiger partial charge in [-0.1, -0.05) is 6.08 Å². The van der Waals surface area contributed by atoms with Crippen LogP contribution in [0.3, 0.4) is 0 Å². The first kappa shape index (κ1) is 20.4. The lowest BCUT2D eigenvalue weighted by Gasteiger charge is -2.27. The van der Waals surface area contributed by atoms with Gasteiger partial charge in [0.25, 0.3) is 0 Å². The fourth-order valence-corrected chi connectivity index (χ4v) is 1.80. The van der Waals surface area contributed by atoms with Crippen LogP contribution in [0.4, 0.5) is 4.79 Å². The van der Waals surface area contributed by atoms with Gasteiger partial charge in [-0.2, -0.15) is 0 Å². The Labute approximate surface area is 133 Å². The number of allylic oxidation sites excluding steroid dienone is 1. The van der Waals surface area contributed by atoms with Crippen molar-refractivity contribution < 1.29 is 23.8 Å². The Balaban J connectivity index is 4.72. The molecule has 6 heteroatoms. The third kappa shape index (κ3) is 8.67. The number of amides is 1. The maximum absolute atomic E-state index is 11.9. The van der Waals surface area contributed by atoms with Crippen LogP contribution in [-0.2, 0) is 19.0 Å². The molecule has 0 radical (unpaired) electrons. The molecule has 0 rings (SSSR count). The predicted molar refractivity (Wildman–Crippen MR) is 84.6 cm³/mol. The Bertz CT molecular complexity index is 375. The molecule has 0 spiro atoms. The summed E-state index contributed by atoms with van der Waals surface area (Å²) in [6.07, 6.45) is 2.11. The monoisotopic (exact) mass is 315 g/mol. The second-order valence-electron chi connectivity index (χ2n) is 6.16. The second kappa shape index (κ2) is 9.46. The van der Waals surface area contributed by atoms with Crippen LogP contribution < -0.4 is 5.32 Å². The molecule has 0 aliphatic rings. The van der Waals surface area contributed by atoms with Gasteiger partial charge in [0.1, 0.15) is 5.60 Å². The van der Waals surface area contributed by atoms with E-state index >= 15 is 0 Å². The standard InChI is InChI=1S/C16H29NO5/c1-8-9-10-11(2)21-12(3)13(14(18)20-7)17-15(19)22-16(4,5)6/h8,11-13H,1,9-10H2,2-7H3,(H,17,19)/t11-,12?,13?/m1/s1. The zero-order chi connectivity index (χ0) is 17.3. The summed E-state index contributed by atoms with van der Waals surface area (Å²) in [5, 5.41) is 2.50. The molecule has 6 nitrogen and oxygen atoms in total. The Morgan fingerprint density at radius 3 is 2.32 bits per heavy atom.